The fourth-order valence-corrected chi connectivity index (χ4v) is 12.8. The Bertz CT molecular complexity index is 4310. The summed E-state index contributed by atoms with van der Waals surface area (Å²) in [6.07, 6.45) is -4.63. The summed E-state index contributed by atoms with van der Waals surface area (Å²) >= 11 is 1.52. The molecule has 0 aliphatic heterocycles. The zero-order chi connectivity index (χ0) is 88.5. The van der Waals surface area contributed by atoms with Crippen LogP contribution in [0.2, 0.25) is 0 Å². The number of phenols is 1. The smallest absolute Gasteiger partial charge is 0.245 e. The Morgan fingerprint density at radius 3 is 0.925 bits per heavy atom. The highest BCUT2D eigenvalue weighted by Gasteiger charge is 2.39. The van der Waals surface area contributed by atoms with E-state index in [9.17, 15) is 77.3 Å². The number of nitrogens with two attached hydrogens (primary N) is 6. The number of aliphatic hydroxyl groups is 1. The number of aromatic hydroxyl groups is 1. The molecule has 0 spiro atoms. The number of carbonyl (C=O) groups is 14. The molecular formula is C80H110IN23O16. The van der Waals surface area contributed by atoms with Gasteiger partial charge >= 0.3 is 0 Å². The van der Waals surface area contributed by atoms with E-state index in [-0.39, 0.29) is 95.6 Å². The molecule has 0 radical (unpaired) electrons. The van der Waals surface area contributed by atoms with Gasteiger partial charge in [-0.3, -0.25) is 83.4 Å². The van der Waals surface area contributed by atoms with E-state index in [4.69, 9.17) is 50.6 Å². The monoisotopic (exact) mass is 1780 g/mol. The topological polar surface area (TPSA) is 676 Å². The second-order valence-electron chi connectivity index (χ2n) is 28.8. The number of aliphatic hydroxyl groups excluding tert-OH is 1. The molecule has 40 heteroatoms. The Balaban J connectivity index is 1.43. The van der Waals surface area contributed by atoms with E-state index in [1.807, 2.05) is 0 Å². The Kier molecular flexibility index (Phi) is 41.3. The standard InChI is InChI=1S/C80H110IN23O16/c1-44(2)64(103-75(118)59(41-49-25-14-7-15-26-49)97-67(110)52(82)37-50-30-32-51(106)33-31-50)76(119)102-61(43-63(84)108)74(117)99-56(38-46-19-8-4-9-20-46)71(114)95-54(28-17-35-92-79(87)88)68(111)100-60(42-62(83)107)73(116)98-57(39-47-21-10-5-11-22-47)72(115)96-55(29-18-36-93-80(89)90)69(112)104-65(45(3)105)77(120)101-58(40-48-23-12-6-13-24-48)70(113)94-53(66(81)109)27-16-34-91-78(85)86/h4-15,19-26,30-33,44-45,52-61,64-65,105-106H,16-18,27-29,34-43,82H2,1-3H3,(H2,83,107)(H2,84,108)(H,94,113)(H,95,114)(H,96,115)(H,97,110)(H,98,116)(H,99,117)(H,100,111)(H,101,120)(H,102,119)(H,103,118)(H,104,112)(H4,85,86,91)(H4,87,88,92)(H4,89,90,93)/t45-,52-,53+,54+,55+,56+,57+,58+,59+,60+,61+,64+,65+/m1/s1. The molecule has 5 aromatic rings. The lowest BCUT2D eigenvalue weighted by molar-refractivity contribution is -0.137. The van der Waals surface area contributed by atoms with Gasteiger partial charge in [0.25, 0.3) is 0 Å². The molecule has 0 bridgehead atoms. The molecular weight excluding hydrogens is 1670 g/mol. The van der Waals surface area contributed by atoms with Crippen molar-refractivity contribution < 1.29 is 77.3 Å². The summed E-state index contributed by atoms with van der Waals surface area (Å²) in [6.45, 7) is 4.38. The number of benzene rings is 5. The van der Waals surface area contributed by atoms with Crippen LogP contribution in [-0.4, -0.2) is 207 Å². The first-order valence-corrected chi connectivity index (χ1v) is 39.8. The maximum atomic E-state index is 15.0. The van der Waals surface area contributed by atoms with Crippen LogP contribution >= 0.6 is 22.6 Å². The lowest BCUT2D eigenvalue weighted by atomic mass is 9.99. The maximum Gasteiger partial charge on any atom is 0.245 e. The zero-order valence-electron chi connectivity index (χ0n) is 66.7. The van der Waals surface area contributed by atoms with Gasteiger partial charge in [0.05, 0.1) is 31.0 Å². The zero-order valence-corrected chi connectivity index (χ0v) is 68.9. The van der Waals surface area contributed by atoms with Crippen LogP contribution in [-0.2, 0) is 99.2 Å². The predicted octanol–water partition coefficient (Wildman–Crippen LogP) is -3.90. The first-order valence-electron chi connectivity index (χ1n) is 38.7. The van der Waals surface area contributed by atoms with Crippen LogP contribution in [0.15, 0.2) is 146 Å². The van der Waals surface area contributed by atoms with Crippen molar-refractivity contribution in [1.29, 1.82) is 16.2 Å². The lowest BCUT2D eigenvalue weighted by Gasteiger charge is -2.29. The molecule has 120 heavy (non-hydrogen) atoms. The summed E-state index contributed by atoms with van der Waals surface area (Å²) in [7, 11) is 0. The van der Waals surface area contributed by atoms with Crippen molar-refractivity contribution in [1.82, 2.24) is 74.4 Å². The number of nitrogens with one attached hydrogen (secondary N) is 17. The molecule has 0 saturated heterocycles. The minimum Gasteiger partial charge on any atom is -0.508 e. The van der Waals surface area contributed by atoms with Crippen molar-refractivity contribution >= 4 is 121 Å². The molecule has 648 valence electrons. The second-order valence-corrected chi connectivity index (χ2v) is 29.9. The van der Waals surface area contributed by atoms with Gasteiger partial charge < -0.3 is 119 Å². The Morgan fingerprint density at radius 2 is 0.592 bits per heavy atom. The van der Waals surface area contributed by atoms with Crippen LogP contribution in [0.1, 0.15) is 100.0 Å². The van der Waals surface area contributed by atoms with Crippen LogP contribution in [0, 0.1) is 22.1 Å². The number of hydrogen-bond acceptors (Lipinski definition) is 20. The molecule has 31 N–H and O–H groups in total. The average molecular weight is 1780 g/mol. The summed E-state index contributed by atoms with van der Waals surface area (Å²) in [5.74, 6) is -15.4. The Morgan fingerprint density at radius 1 is 0.333 bits per heavy atom. The van der Waals surface area contributed by atoms with E-state index in [1.165, 1.54) is 41.6 Å². The fraction of sp³-hybridized carbons (Fsp3) is 0.412. The molecule has 13 amide bonds. The number of phenolic OH excluding ortho intramolecular Hbond substituents is 1. The summed E-state index contributed by atoms with van der Waals surface area (Å²) in [4.78, 5) is 199. The number of guanidine groups is 3. The van der Waals surface area contributed by atoms with Crippen LogP contribution in [0.5, 0.6) is 5.75 Å². The average Bonchev–Trinajstić information content (AvgIpc) is 0.843. The van der Waals surface area contributed by atoms with Crippen LogP contribution in [0.25, 0.3) is 0 Å². The normalized spacial score (nSPS) is 14.2. The molecule has 39 nitrogen and oxygen atoms in total. The first-order chi connectivity index (χ1) is 57.0. The quantitative estimate of drug-likeness (QED) is 0.00582. The van der Waals surface area contributed by atoms with Gasteiger partial charge in [-0.15, -0.1) is 0 Å². The van der Waals surface area contributed by atoms with Crippen molar-refractivity contribution in [2.24, 2.45) is 40.3 Å². The van der Waals surface area contributed by atoms with Crippen molar-refractivity contribution in [2.75, 3.05) is 19.6 Å². The van der Waals surface area contributed by atoms with E-state index in [0.717, 1.165) is 0 Å². The first kappa shape index (κ1) is 97.7. The number of halogens is 1. The molecule has 0 fully saturated rings. The van der Waals surface area contributed by atoms with Crippen molar-refractivity contribution in [3.8, 4) is 5.75 Å². The van der Waals surface area contributed by atoms with Gasteiger partial charge in [0, 0.05) is 67.9 Å². The van der Waals surface area contributed by atoms with Crippen LogP contribution in [0.3, 0.4) is 0 Å². The lowest BCUT2D eigenvalue weighted by Crippen LogP contribution is -2.62. The summed E-state index contributed by atoms with van der Waals surface area (Å²) in [6, 6.07) is 20.4. The highest BCUT2D eigenvalue weighted by molar-refractivity contribution is 14.1. The van der Waals surface area contributed by atoms with Crippen LogP contribution < -0.4 is 109 Å². The SMILES string of the molecule is CC(C)[C@H](NC(=O)[C@H](Cc1ccccc1)NC(=O)[C@H](N)Cc1ccc(O)cc1)C(=O)N[C@@H](CC(N)=O)C(=O)N[C@@H](Cc1ccccc1)C(=O)N[C@@H](CCCNC(=N)N)C(=O)N[C@@H](CC(N)=O)C(=O)N[C@@H](Cc1ccccc1)C(=O)N[C@@H](CCCNC(=N)N)C(=O)N[C@H](C(=O)N[C@@H](Cc1ccccc1)C(=O)N[C@@H](CCCNC(=N)N)C(=O)I)[C@@H](C)O. The molecule has 13 atom stereocenters. The van der Waals surface area contributed by atoms with Crippen LogP contribution in [0.4, 0.5) is 0 Å². The molecule has 0 aliphatic carbocycles. The molecule has 0 saturated carbocycles. The minimum absolute atomic E-state index is 0.00487. The Labute approximate surface area is 707 Å². The van der Waals surface area contributed by atoms with Gasteiger partial charge in [-0.25, -0.2) is 0 Å². The summed E-state index contributed by atoms with van der Waals surface area (Å²) in [5.41, 5.74) is 36.9. The van der Waals surface area contributed by atoms with E-state index in [2.05, 4.69) is 74.4 Å². The molecule has 5 aromatic carbocycles. The fourth-order valence-electron chi connectivity index (χ4n) is 12.3. The third-order valence-electron chi connectivity index (χ3n) is 18.6. The van der Waals surface area contributed by atoms with Gasteiger partial charge in [0.2, 0.25) is 80.6 Å². The molecule has 0 aliphatic rings. The second kappa shape index (κ2) is 50.7. The van der Waals surface area contributed by atoms with Gasteiger partial charge in [0.15, 0.2) is 17.9 Å². The van der Waals surface area contributed by atoms with E-state index in [0.29, 0.717) is 34.2 Å². The summed E-state index contributed by atoms with van der Waals surface area (Å²) < 4.78 is -0.453. The highest BCUT2D eigenvalue weighted by Crippen LogP contribution is 2.17. The van der Waals surface area contributed by atoms with Gasteiger partial charge in [-0.1, -0.05) is 147 Å². The predicted molar refractivity (Wildman–Crippen MR) is 452 cm³/mol. The number of hydrogen-bond donors (Lipinski definition) is 25. The van der Waals surface area contributed by atoms with Crippen molar-refractivity contribution in [2.45, 2.75) is 183 Å². The maximum absolute atomic E-state index is 15.0. The van der Waals surface area contributed by atoms with Crippen molar-refractivity contribution in [3.05, 3.63) is 173 Å². The number of rotatable bonds is 51. The van der Waals surface area contributed by atoms with Gasteiger partial charge in [-0.2, -0.15) is 0 Å². The highest BCUT2D eigenvalue weighted by atomic mass is 127. The Hall–Kier alpha value is -12.9. The molecule has 0 heterocycles. The number of amides is 13. The van der Waals surface area contributed by atoms with E-state index in [1.54, 1.807) is 147 Å². The third kappa shape index (κ3) is 35.9. The van der Waals surface area contributed by atoms with E-state index >= 15 is 0 Å². The molecule has 0 unspecified atom stereocenters. The summed E-state index contributed by atoms with van der Waals surface area (Å²) in [5, 5.41) is 79.9. The van der Waals surface area contributed by atoms with Gasteiger partial charge in [-0.05, 0) is 97.7 Å². The third-order valence-corrected chi connectivity index (χ3v) is 19.3. The molecule has 5 rings (SSSR count). The molecule has 0 aromatic heterocycles. The minimum atomic E-state index is -1.96. The van der Waals surface area contributed by atoms with Gasteiger partial charge in [0.1, 0.15) is 66.2 Å². The number of primary amides is 2. The van der Waals surface area contributed by atoms with Crippen molar-refractivity contribution in [3.63, 3.8) is 0 Å². The van der Waals surface area contributed by atoms with E-state index < -0.39 is 190 Å². The largest absolute Gasteiger partial charge is 0.508 e. The number of carbonyl (C=O) groups excluding carboxylic acids is 14.